The first-order valence-corrected chi connectivity index (χ1v) is 6.15. The van der Waals surface area contributed by atoms with Gasteiger partial charge in [-0.25, -0.2) is 0 Å². The quantitative estimate of drug-likeness (QED) is 0.754. The van der Waals surface area contributed by atoms with Crippen LogP contribution in [-0.4, -0.2) is 23.2 Å². The number of hydrogen-bond donors (Lipinski definition) is 0. The highest BCUT2D eigenvalue weighted by Gasteiger charge is 2.14. The highest BCUT2D eigenvalue weighted by molar-refractivity contribution is 6.67. The minimum Gasteiger partial charge on any atom is -0.299 e. The topological polar surface area (TPSA) is 20.3 Å². The normalized spacial score (nSPS) is 17.3. The van der Waals surface area contributed by atoms with E-state index in [1.165, 1.54) is 19.3 Å². The van der Waals surface area contributed by atoms with Crippen molar-refractivity contribution in [2.75, 3.05) is 13.1 Å². The van der Waals surface area contributed by atoms with Gasteiger partial charge in [-0.2, -0.15) is 0 Å². The Kier molecular flexibility index (Phi) is 3.97. The van der Waals surface area contributed by atoms with Crippen molar-refractivity contribution in [1.29, 1.82) is 0 Å². The third-order valence-corrected chi connectivity index (χ3v) is 3.28. The molecule has 1 aromatic carbocycles. The van der Waals surface area contributed by atoms with Gasteiger partial charge in [-0.1, -0.05) is 24.6 Å². The molecule has 0 aromatic heterocycles. The van der Waals surface area contributed by atoms with E-state index in [1.807, 2.05) is 18.2 Å². The van der Waals surface area contributed by atoms with E-state index in [-0.39, 0.29) is 5.24 Å². The van der Waals surface area contributed by atoms with Gasteiger partial charge in [0, 0.05) is 12.1 Å². The van der Waals surface area contributed by atoms with Crippen LogP contribution in [0.4, 0.5) is 0 Å². The molecule has 1 aromatic rings. The lowest BCUT2D eigenvalue weighted by atomic mass is 10.1. The van der Waals surface area contributed by atoms with Gasteiger partial charge in [0.15, 0.2) is 0 Å². The molecular weight excluding hydrogens is 222 g/mol. The van der Waals surface area contributed by atoms with E-state index in [1.54, 1.807) is 6.07 Å². The molecule has 1 fully saturated rings. The summed E-state index contributed by atoms with van der Waals surface area (Å²) in [5, 5.41) is -0.354. The third kappa shape index (κ3) is 2.83. The van der Waals surface area contributed by atoms with Crippen LogP contribution in [0, 0.1) is 0 Å². The van der Waals surface area contributed by atoms with Crippen LogP contribution >= 0.6 is 11.6 Å². The van der Waals surface area contributed by atoms with Gasteiger partial charge in [-0.3, -0.25) is 9.69 Å². The average Bonchev–Trinajstić information content (AvgIpc) is 2.31. The zero-order chi connectivity index (χ0) is 11.4. The fraction of sp³-hybridized carbons (Fsp3) is 0.462. The SMILES string of the molecule is O=C(Cl)c1ccccc1CN1CCCCC1. The molecule has 1 heterocycles. The third-order valence-electron chi connectivity index (χ3n) is 3.07. The summed E-state index contributed by atoms with van der Waals surface area (Å²) in [5.41, 5.74) is 1.69. The van der Waals surface area contributed by atoms with E-state index in [0.29, 0.717) is 5.56 Å². The van der Waals surface area contributed by atoms with Crippen LogP contribution in [0.15, 0.2) is 24.3 Å². The molecule has 0 radical (unpaired) electrons. The first-order chi connectivity index (χ1) is 7.77. The van der Waals surface area contributed by atoms with Gasteiger partial charge in [-0.05, 0) is 49.2 Å². The van der Waals surface area contributed by atoms with Crippen molar-refractivity contribution < 1.29 is 4.79 Å². The first kappa shape index (κ1) is 11.6. The Morgan fingerprint density at radius 3 is 2.56 bits per heavy atom. The monoisotopic (exact) mass is 237 g/mol. The molecule has 0 saturated carbocycles. The number of benzene rings is 1. The number of carbonyl (C=O) groups is 1. The summed E-state index contributed by atoms with van der Waals surface area (Å²) in [6.07, 6.45) is 3.85. The zero-order valence-corrected chi connectivity index (χ0v) is 10.0. The number of nitrogens with zero attached hydrogens (tertiary/aromatic N) is 1. The van der Waals surface area contributed by atoms with Crippen LogP contribution in [0.5, 0.6) is 0 Å². The van der Waals surface area contributed by atoms with E-state index < -0.39 is 0 Å². The minimum absolute atomic E-state index is 0.354. The number of halogens is 1. The van der Waals surface area contributed by atoms with Gasteiger partial charge in [0.05, 0.1) is 0 Å². The van der Waals surface area contributed by atoms with Crippen molar-refractivity contribution in [2.24, 2.45) is 0 Å². The molecule has 0 N–H and O–H groups in total. The summed E-state index contributed by atoms with van der Waals surface area (Å²) in [4.78, 5) is 13.6. The molecule has 0 spiro atoms. The molecule has 0 atom stereocenters. The van der Waals surface area contributed by atoms with Crippen LogP contribution in [0.25, 0.3) is 0 Å². The van der Waals surface area contributed by atoms with Crippen molar-refractivity contribution in [3.63, 3.8) is 0 Å². The Morgan fingerprint density at radius 1 is 1.19 bits per heavy atom. The summed E-state index contributed by atoms with van der Waals surface area (Å²) in [7, 11) is 0. The molecule has 1 aliphatic heterocycles. The van der Waals surface area contributed by atoms with Gasteiger partial charge in [-0.15, -0.1) is 0 Å². The molecule has 1 saturated heterocycles. The fourth-order valence-electron chi connectivity index (χ4n) is 2.21. The molecule has 0 amide bonds. The fourth-order valence-corrected chi connectivity index (χ4v) is 2.39. The van der Waals surface area contributed by atoms with Crippen molar-refractivity contribution >= 4 is 16.8 Å². The van der Waals surface area contributed by atoms with Gasteiger partial charge >= 0.3 is 0 Å². The van der Waals surface area contributed by atoms with Gasteiger partial charge in [0.2, 0.25) is 0 Å². The number of carbonyl (C=O) groups excluding carboxylic acids is 1. The predicted molar refractivity (Wildman–Crippen MR) is 65.8 cm³/mol. The molecule has 16 heavy (non-hydrogen) atoms. The molecule has 0 aliphatic carbocycles. The van der Waals surface area contributed by atoms with Crippen LogP contribution in [0.3, 0.4) is 0 Å². The van der Waals surface area contributed by atoms with Crippen LogP contribution in [0.2, 0.25) is 0 Å². The second-order valence-electron chi connectivity index (χ2n) is 4.27. The lowest BCUT2D eigenvalue weighted by Crippen LogP contribution is -2.29. The molecule has 86 valence electrons. The lowest BCUT2D eigenvalue weighted by Gasteiger charge is -2.26. The molecule has 1 aliphatic rings. The van der Waals surface area contributed by atoms with E-state index >= 15 is 0 Å². The zero-order valence-electron chi connectivity index (χ0n) is 9.29. The number of likely N-dealkylation sites (tertiary alicyclic amines) is 1. The lowest BCUT2D eigenvalue weighted by molar-refractivity contribution is 0.107. The van der Waals surface area contributed by atoms with Gasteiger partial charge < -0.3 is 0 Å². The molecular formula is C13H16ClNO. The van der Waals surface area contributed by atoms with Gasteiger partial charge in [0.1, 0.15) is 0 Å². The maximum absolute atomic E-state index is 11.3. The summed E-state index contributed by atoms with van der Waals surface area (Å²) in [6, 6.07) is 7.61. The largest absolute Gasteiger partial charge is 0.299 e. The molecule has 2 nitrogen and oxygen atoms in total. The van der Waals surface area contributed by atoms with Crippen LogP contribution < -0.4 is 0 Å². The Bertz CT molecular complexity index is 372. The standard InChI is InChI=1S/C13H16ClNO/c14-13(16)12-7-3-2-6-11(12)10-15-8-4-1-5-9-15/h2-3,6-7H,1,4-5,8-10H2. The van der Waals surface area contributed by atoms with E-state index in [2.05, 4.69) is 4.90 Å². The van der Waals surface area contributed by atoms with Crippen molar-refractivity contribution in [3.05, 3.63) is 35.4 Å². The Balaban J connectivity index is 2.10. The Labute approximate surface area is 101 Å². The van der Waals surface area contributed by atoms with Gasteiger partial charge in [0.25, 0.3) is 5.24 Å². The van der Waals surface area contributed by atoms with Crippen LogP contribution in [0.1, 0.15) is 35.2 Å². The molecule has 0 unspecified atom stereocenters. The highest BCUT2D eigenvalue weighted by atomic mass is 35.5. The summed E-state index contributed by atoms with van der Waals surface area (Å²) < 4.78 is 0. The smallest absolute Gasteiger partial charge is 0.252 e. The maximum Gasteiger partial charge on any atom is 0.252 e. The van der Waals surface area contributed by atoms with Crippen molar-refractivity contribution in [1.82, 2.24) is 4.90 Å². The number of piperidine rings is 1. The first-order valence-electron chi connectivity index (χ1n) is 5.77. The van der Waals surface area contributed by atoms with Crippen molar-refractivity contribution in [2.45, 2.75) is 25.8 Å². The maximum atomic E-state index is 11.3. The molecule has 0 bridgehead atoms. The summed E-state index contributed by atoms with van der Waals surface area (Å²) in [6.45, 7) is 3.10. The molecule has 2 rings (SSSR count). The summed E-state index contributed by atoms with van der Waals surface area (Å²) in [5.74, 6) is 0. The van der Waals surface area contributed by atoms with E-state index in [4.69, 9.17) is 11.6 Å². The average molecular weight is 238 g/mol. The number of hydrogen-bond acceptors (Lipinski definition) is 2. The van der Waals surface area contributed by atoms with Crippen LogP contribution in [-0.2, 0) is 6.54 Å². The number of rotatable bonds is 3. The molecule has 3 heteroatoms. The minimum atomic E-state index is -0.354. The summed E-state index contributed by atoms with van der Waals surface area (Å²) >= 11 is 5.57. The van der Waals surface area contributed by atoms with E-state index in [9.17, 15) is 4.79 Å². The highest BCUT2D eigenvalue weighted by Crippen LogP contribution is 2.17. The predicted octanol–water partition coefficient (Wildman–Crippen LogP) is 3.05. The van der Waals surface area contributed by atoms with E-state index in [0.717, 1.165) is 25.2 Å². The second kappa shape index (κ2) is 5.46. The Hall–Kier alpha value is -0.860. The Morgan fingerprint density at radius 2 is 1.88 bits per heavy atom. The second-order valence-corrected chi connectivity index (χ2v) is 4.61. The van der Waals surface area contributed by atoms with Crippen molar-refractivity contribution in [3.8, 4) is 0 Å².